The summed E-state index contributed by atoms with van der Waals surface area (Å²) in [5.41, 5.74) is -0.411. The first-order chi connectivity index (χ1) is 9.42. The van der Waals surface area contributed by atoms with Gasteiger partial charge in [0, 0.05) is 13.1 Å². The number of ether oxygens (including phenoxy) is 1. The van der Waals surface area contributed by atoms with Gasteiger partial charge < -0.3 is 15.0 Å². The zero-order valence-corrected chi connectivity index (χ0v) is 13.7. The van der Waals surface area contributed by atoms with Crippen LogP contribution in [0.3, 0.4) is 0 Å². The molecule has 1 amide bonds. The number of carbonyl (C=O) groups is 1. The van der Waals surface area contributed by atoms with E-state index in [2.05, 4.69) is 5.32 Å². The highest BCUT2D eigenvalue weighted by Crippen LogP contribution is 2.23. The maximum atomic E-state index is 11.9. The minimum Gasteiger partial charge on any atom is -0.444 e. The molecule has 0 spiro atoms. The number of hydrogen-bond donors (Lipinski definition) is 1. The van der Waals surface area contributed by atoms with Gasteiger partial charge in [-0.2, -0.15) is 0 Å². The van der Waals surface area contributed by atoms with Crippen molar-refractivity contribution in [3.63, 3.8) is 0 Å². The molecule has 0 heterocycles. The number of hydrogen-bond acceptors (Lipinski definition) is 3. The van der Waals surface area contributed by atoms with Gasteiger partial charge in [0.15, 0.2) is 0 Å². The Morgan fingerprint density at radius 3 is 2.50 bits per heavy atom. The van der Waals surface area contributed by atoms with Gasteiger partial charge in [-0.05, 0) is 66.0 Å². The number of amides is 1. The summed E-state index contributed by atoms with van der Waals surface area (Å²) >= 11 is 0. The molecule has 0 radical (unpaired) electrons. The lowest BCUT2D eigenvalue weighted by molar-refractivity contribution is 0.0258. The quantitative estimate of drug-likeness (QED) is 0.728. The highest BCUT2D eigenvalue weighted by atomic mass is 16.6. The highest BCUT2D eigenvalue weighted by molar-refractivity contribution is 5.68. The predicted octanol–water partition coefficient (Wildman–Crippen LogP) is 3.41. The fourth-order valence-corrected chi connectivity index (χ4v) is 2.62. The van der Waals surface area contributed by atoms with Crippen molar-refractivity contribution in [1.82, 2.24) is 10.2 Å². The van der Waals surface area contributed by atoms with Gasteiger partial charge in [-0.1, -0.05) is 12.8 Å². The third-order valence-electron chi connectivity index (χ3n) is 3.72. The normalized spacial score (nSPS) is 16.4. The summed E-state index contributed by atoms with van der Waals surface area (Å²) in [6, 6.07) is 0. The van der Waals surface area contributed by atoms with Crippen LogP contribution in [0.1, 0.15) is 59.8 Å². The Labute approximate surface area is 124 Å². The van der Waals surface area contributed by atoms with Crippen LogP contribution < -0.4 is 5.32 Å². The molecule has 0 aromatic rings. The van der Waals surface area contributed by atoms with Crippen LogP contribution in [0.4, 0.5) is 4.79 Å². The average Bonchev–Trinajstić information content (AvgIpc) is 2.84. The van der Waals surface area contributed by atoms with Crippen molar-refractivity contribution < 1.29 is 9.53 Å². The summed E-state index contributed by atoms with van der Waals surface area (Å²) in [4.78, 5) is 13.7. The van der Waals surface area contributed by atoms with Gasteiger partial charge in [0.2, 0.25) is 0 Å². The molecule has 1 aliphatic carbocycles. The maximum Gasteiger partial charge on any atom is 0.410 e. The van der Waals surface area contributed by atoms with Crippen LogP contribution >= 0.6 is 0 Å². The molecule has 0 aliphatic heterocycles. The molecular formula is C16H32N2O2. The monoisotopic (exact) mass is 284 g/mol. The van der Waals surface area contributed by atoms with E-state index in [-0.39, 0.29) is 6.09 Å². The van der Waals surface area contributed by atoms with E-state index in [0.717, 1.165) is 32.0 Å². The van der Waals surface area contributed by atoms with Gasteiger partial charge in [0.05, 0.1) is 0 Å². The summed E-state index contributed by atoms with van der Waals surface area (Å²) in [5, 5.41) is 3.52. The van der Waals surface area contributed by atoms with E-state index < -0.39 is 5.60 Å². The van der Waals surface area contributed by atoms with Crippen LogP contribution in [-0.2, 0) is 4.74 Å². The van der Waals surface area contributed by atoms with Crippen LogP contribution in [-0.4, -0.2) is 42.8 Å². The maximum absolute atomic E-state index is 11.9. The van der Waals surface area contributed by atoms with E-state index >= 15 is 0 Å². The van der Waals surface area contributed by atoms with Gasteiger partial charge in [-0.15, -0.1) is 0 Å². The lowest BCUT2D eigenvalue weighted by atomic mass is 10.1. The molecule has 20 heavy (non-hydrogen) atoms. The molecule has 1 aliphatic rings. The molecule has 0 bridgehead atoms. The predicted molar refractivity (Wildman–Crippen MR) is 82.9 cm³/mol. The topological polar surface area (TPSA) is 41.6 Å². The van der Waals surface area contributed by atoms with E-state index in [0.29, 0.717) is 6.54 Å². The van der Waals surface area contributed by atoms with Crippen LogP contribution in [0.15, 0.2) is 0 Å². The van der Waals surface area contributed by atoms with Gasteiger partial charge in [0.25, 0.3) is 0 Å². The van der Waals surface area contributed by atoms with E-state index in [1.54, 1.807) is 4.90 Å². The smallest absolute Gasteiger partial charge is 0.410 e. The van der Waals surface area contributed by atoms with E-state index in [4.69, 9.17) is 4.74 Å². The first-order valence-corrected chi connectivity index (χ1v) is 8.11. The number of nitrogens with zero attached hydrogens (tertiary/aromatic N) is 1. The van der Waals surface area contributed by atoms with E-state index in [9.17, 15) is 4.79 Å². The van der Waals surface area contributed by atoms with Crippen molar-refractivity contribution in [2.45, 2.75) is 65.4 Å². The Hall–Kier alpha value is -0.770. The summed E-state index contributed by atoms with van der Waals surface area (Å²) in [6.07, 6.45) is 6.34. The summed E-state index contributed by atoms with van der Waals surface area (Å²) < 4.78 is 5.40. The molecule has 118 valence electrons. The van der Waals surface area contributed by atoms with Crippen molar-refractivity contribution >= 4 is 6.09 Å². The molecule has 0 atom stereocenters. The van der Waals surface area contributed by atoms with Gasteiger partial charge in [0.1, 0.15) is 5.60 Å². The molecule has 1 rings (SSSR count). The van der Waals surface area contributed by atoms with Crippen molar-refractivity contribution in [2.75, 3.05) is 26.2 Å². The second kappa shape index (κ2) is 8.50. The minimum absolute atomic E-state index is 0.198. The average molecular weight is 284 g/mol. The third kappa shape index (κ3) is 7.13. The number of rotatable bonds is 7. The highest BCUT2D eigenvalue weighted by Gasteiger charge is 2.20. The van der Waals surface area contributed by atoms with Crippen molar-refractivity contribution in [3.05, 3.63) is 0 Å². The standard InChI is InChI=1S/C16H32N2O2/c1-5-18(15(19)20-16(2,3)4)12-8-11-17-13-14-9-6-7-10-14/h14,17H,5-13H2,1-4H3. The van der Waals surface area contributed by atoms with Gasteiger partial charge in [-0.25, -0.2) is 4.79 Å². The zero-order valence-electron chi connectivity index (χ0n) is 13.7. The van der Waals surface area contributed by atoms with Crippen LogP contribution in [0.25, 0.3) is 0 Å². The van der Waals surface area contributed by atoms with Crippen LogP contribution in [0.2, 0.25) is 0 Å². The molecule has 0 saturated heterocycles. The summed E-state index contributed by atoms with van der Waals surface area (Å²) in [7, 11) is 0. The molecular weight excluding hydrogens is 252 g/mol. The van der Waals surface area contributed by atoms with Crippen LogP contribution in [0.5, 0.6) is 0 Å². The second-order valence-electron chi connectivity index (χ2n) is 6.77. The Morgan fingerprint density at radius 1 is 1.30 bits per heavy atom. The molecule has 0 aromatic carbocycles. The van der Waals surface area contributed by atoms with Crippen molar-refractivity contribution in [2.24, 2.45) is 5.92 Å². The Kier molecular flexibility index (Phi) is 7.35. The summed E-state index contributed by atoms with van der Waals surface area (Å²) in [6.45, 7) is 11.3. The van der Waals surface area contributed by atoms with Crippen molar-refractivity contribution in [1.29, 1.82) is 0 Å². The molecule has 4 nitrogen and oxygen atoms in total. The van der Waals surface area contributed by atoms with Gasteiger partial charge >= 0.3 is 6.09 Å². The Balaban J connectivity index is 2.12. The molecule has 1 N–H and O–H groups in total. The summed E-state index contributed by atoms with van der Waals surface area (Å²) in [5.74, 6) is 0.878. The Bertz CT molecular complexity index is 281. The fraction of sp³-hybridized carbons (Fsp3) is 0.938. The molecule has 1 fully saturated rings. The minimum atomic E-state index is -0.411. The zero-order chi connectivity index (χ0) is 15.0. The van der Waals surface area contributed by atoms with Crippen LogP contribution in [0, 0.1) is 5.92 Å². The number of nitrogens with one attached hydrogen (secondary N) is 1. The first kappa shape index (κ1) is 17.3. The van der Waals surface area contributed by atoms with E-state index in [1.165, 1.54) is 25.7 Å². The van der Waals surface area contributed by atoms with Gasteiger partial charge in [-0.3, -0.25) is 0 Å². The second-order valence-corrected chi connectivity index (χ2v) is 6.77. The molecule has 0 aromatic heterocycles. The molecule has 0 unspecified atom stereocenters. The third-order valence-corrected chi connectivity index (χ3v) is 3.72. The lowest BCUT2D eigenvalue weighted by Crippen LogP contribution is -2.38. The van der Waals surface area contributed by atoms with Crippen molar-refractivity contribution in [3.8, 4) is 0 Å². The molecule has 4 heteroatoms. The largest absolute Gasteiger partial charge is 0.444 e. The number of carbonyl (C=O) groups excluding carboxylic acids is 1. The van der Waals surface area contributed by atoms with E-state index in [1.807, 2.05) is 27.7 Å². The first-order valence-electron chi connectivity index (χ1n) is 8.11. The SMILES string of the molecule is CCN(CCCNCC1CCCC1)C(=O)OC(C)(C)C. The fourth-order valence-electron chi connectivity index (χ4n) is 2.62. The molecule has 1 saturated carbocycles. The Morgan fingerprint density at radius 2 is 1.95 bits per heavy atom. The lowest BCUT2D eigenvalue weighted by Gasteiger charge is -2.26.